The van der Waals surface area contributed by atoms with Gasteiger partial charge < -0.3 is 4.74 Å². The van der Waals surface area contributed by atoms with Gasteiger partial charge in [-0.2, -0.15) is 0 Å². The maximum atomic E-state index is 6.92. The molecular formula is C58H50N4O. The highest BCUT2D eigenvalue weighted by Crippen LogP contribution is 2.39. The third-order valence-corrected chi connectivity index (χ3v) is 13.0. The first-order valence-electron chi connectivity index (χ1n) is 21.7. The summed E-state index contributed by atoms with van der Waals surface area (Å²) in [4.78, 5) is 4.98. The van der Waals surface area contributed by atoms with Crippen LogP contribution >= 0.6 is 0 Å². The van der Waals surface area contributed by atoms with E-state index in [1.165, 1.54) is 27.6 Å². The van der Waals surface area contributed by atoms with Gasteiger partial charge in [-0.1, -0.05) is 149 Å². The third kappa shape index (κ3) is 7.19. The number of ether oxygens (including phenoxy) is 1. The molecule has 7 aromatic carbocycles. The number of aromatic nitrogens is 4. The van der Waals surface area contributed by atoms with E-state index in [0.717, 1.165) is 67.6 Å². The Kier molecular flexibility index (Phi) is 9.91. The molecule has 0 spiro atoms. The Morgan fingerprint density at radius 2 is 1.13 bits per heavy atom. The predicted octanol–water partition coefficient (Wildman–Crippen LogP) is 13.8. The molecule has 5 nitrogen and oxygen atoms in total. The van der Waals surface area contributed by atoms with E-state index in [-0.39, 0.29) is 10.8 Å². The fourth-order valence-electron chi connectivity index (χ4n) is 9.05. The number of pyridine rings is 1. The lowest BCUT2D eigenvalue weighted by atomic mass is 9.78. The van der Waals surface area contributed by atoms with E-state index in [4.69, 9.17) is 9.72 Å². The molecule has 0 aliphatic heterocycles. The number of hydrogen-bond acceptors (Lipinski definition) is 2. The standard InChI is InChI=1S/C58H50N4O/c1-40-41(2)61(39-60(40)48-26-18-25-46(35-48)57(3,4)44-21-12-8-13-22-44)49-33-43(42-19-10-7-11-20-42)34-51(37-49)63-50-29-30-53-52-27-16-17-28-54(52)62(55(53)38-50)56-36-47(31-32-59-56)58(5,6)45-23-14-9-15-24-45/h7-38H,1-6H3. The molecule has 5 heteroatoms. The summed E-state index contributed by atoms with van der Waals surface area (Å²) in [5.74, 6) is 2.33. The molecule has 3 aromatic heterocycles. The highest BCUT2D eigenvalue weighted by atomic mass is 16.5. The number of fused-ring (bicyclic) bond motifs is 3. The Morgan fingerprint density at radius 3 is 1.84 bits per heavy atom. The molecule has 0 amide bonds. The summed E-state index contributed by atoms with van der Waals surface area (Å²) in [7, 11) is 0. The molecule has 0 radical (unpaired) electrons. The van der Waals surface area contributed by atoms with Crippen LogP contribution in [0.25, 0.3) is 50.1 Å². The van der Waals surface area contributed by atoms with Crippen molar-refractivity contribution in [1.82, 2.24) is 14.1 Å². The lowest BCUT2D eigenvalue weighted by molar-refractivity contribution is -0.606. The molecule has 0 aliphatic rings. The van der Waals surface area contributed by atoms with Crippen molar-refractivity contribution in [2.75, 3.05) is 0 Å². The number of imidazole rings is 1. The van der Waals surface area contributed by atoms with Crippen LogP contribution in [-0.2, 0) is 10.8 Å². The minimum Gasteiger partial charge on any atom is -0.458 e. The van der Waals surface area contributed by atoms with Gasteiger partial charge in [0.25, 0.3) is 6.33 Å². The summed E-state index contributed by atoms with van der Waals surface area (Å²) in [6.45, 7) is 13.4. The van der Waals surface area contributed by atoms with E-state index in [0.29, 0.717) is 0 Å². The highest BCUT2D eigenvalue weighted by Gasteiger charge is 2.26. The summed E-state index contributed by atoms with van der Waals surface area (Å²) in [6, 6.07) is 66.5. The van der Waals surface area contributed by atoms with Gasteiger partial charge in [0.05, 0.1) is 33.8 Å². The van der Waals surface area contributed by atoms with Crippen LogP contribution in [0.1, 0.15) is 61.3 Å². The van der Waals surface area contributed by atoms with E-state index < -0.39 is 0 Å². The van der Waals surface area contributed by atoms with Gasteiger partial charge in [0.1, 0.15) is 17.3 Å². The van der Waals surface area contributed by atoms with Crippen molar-refractivity contribution in [1.29, 1.82) is 0 Å². The maximum absolute atomic E-state index is 6.92. The van der Waals surface area contributed by atoms with Gasteiger partial charge in [-0.25, -0.2) is 4.98 Å². The minimum atomic E-state index is -0.218. The van der Waals surface area contributed by atoms with Gasteiger partial charge in [0, 0.05) is 33.9 Å². The average molecular weight is 819 g/mol. The van der Waals surface area contributed by atoms with E-state index in [1.807, 2.05) is 6.20 Å². The zero-order valence-corrected chi connectivity index (χ0v) is 36.7. The summed E-state index contributed by atoms with van der Waals surface area (Å²) < 4.78 is 13.5. The monoisotopic (exact) mass is 818 g/mol. The van der Waals surface area contributed by atoms with Crippen molar-refractivity contribution < 1.29 is 9.30 Å². The largest absolute Gasteiger partial charge is 0.458 e. The molecule has 0 aliphatic carbocycles. The molecule has 0 fully saturated rings. The van der Waals surface area contributed by atoms with Crippen molar-refractivity contribution in [3.63, 3.8) is 0 Å². The van der Waals surface area contributed by atoms with Gasteiger partial charge >= 0.3 is 0 Å². The molecule has 0 bridgehead atoms. The Hall–Kier alpha value is -7.50. The molecule has 0 saturated heterocycles. The van der Waals surface area contributed by atoms with Gasteiger partial charge in [-0.3, -0.25) is 13.7 Å². The van der Waals surface area contributed by atoms with Crippen LogP contribution in [0, 0.1) is 20.2 Å². The summed E-state index contributed by atoms with van der Waals surface area (Å²) >= 11 is 0. The van der Waals surface area contributed by atoms with Crippen LogP contribution in [0.3, 0.4) is 0 Å². The lowest BCUT2D eigenvalue weighted by Crippen LogP contribution is -2.33. The highest BCUT2D eigenvalue weighted by molar-refractivity contribution is 6.09. The smallest absolute Gasteiger partial charge is 0.269 e. The fourth-order valence-corrected chi connectivity index (χ4v) is 9.05. The Balaban J connectivity index is 1.06. The zero-order chi connectivity index (χ0) is 43.3. The SMILES string of the molecule is Cc1c(C)[n+](-c2cccc(C(C)(C)c3ccccc3)c2)[c-]n1-c1cc(Oc2ccc3c4ccccc4n(-c4cc(C(C)(C)c5ccccc5)ccn4)c3c2)cc(-c2ccccc2)c1. The molecule has 0 unspecified atom stereocenters. The fraction of sp³-hybridized carbons (Fsp3) is 0.138. The molecule has 308 valence electrons. The molecule has 10 rings (SSSR count). The normalized spacial score (nSPS) is 12.0. The third-order valence-electron chi connectivity index (χ3n) is 13.0. The Labute approximate surface area is 370 Å². The summed E-state index contributed by atoms with van der Waals surface area (Å²) in [6.07, 6.45) is 5.66. The van der Waals surface area contributed by atoms with Gasteiger partial charge in [-0.05, 0) is 108 Å². The molecule has 0 N–H and O–H groups in total. The van der Waals surface area contributed by atoms with E-state index >= 15 is 0 Å². The summed E-state index contributed by atoms with van der Waals surface area (Å²) in [5, 5.41) is 2.30. The summed E-state index contributed by atoms with van der Waals surface area (Å²) in [5.41, 5.74) is 13.1. The molecular weight excluding hydrogens is 769 g/mol. The molecule has 0 saturated carbocycles. The average Bonchev–Trinajstić information content (AvgIpc) is 3.82. The lowest BCUT2D eigenvalue weighted by Gasteiger charge is -2.26. The van der Waals surface area contributed by atoms with E-state index in [9.17, 15) is 0 Å². The van der Waals surface area contributed by atoms with Crippen molar-refractivity contribution in [3.05, 3.63) is 234 Å². The van der Waals surface area contributed by atoms with E-state index in [1.54, 1.807) is 0 Å². The van der Waals surface area contributed by atoms with Gasteiger partial charge in [0.15, 0.2) is 0 Å². The quantitative estimate of drug-likeness (QED) is 0.102. The maximum Gasteiger partial charge on any atom is 0.269 e. The predicted molar refractivity (Wildman–Crippen MR) is 257 cm³/mol. The Morgan fingerprint density at radius 1 is 0.508 bits per heavy atom. The molecule has 0 atom stereocenters. The van der Waals surface area contributed by atoms with Crippen molar-refractivity contribution >= 4 is 21.8 Å². The number of hydrogen-bond donors (Lipinski definition) is 0. The second-order valence-corrected chi connectivity index (χ2v) is 17.6. The first kappa shape index (κ1) is 39.6. The van der Waals surface area contributed by atoms with Crippen LogP contribution in [0.5, 0.6) is 11.5 Å². The molecule has 10 aromatic rings. The van der Waals surface area contributed by atoms with Crippen LogP contribution in [-0.4, -0.2) is 14.1 Å². The number of para-hydroxylation sites is 1. The zero-order valence-electron chi connectivity index (χ0n) is 36.7. The van der Waals surface area contributed by atoms with Crippen LogP contribution in [0.2, 0.25) is 0 Å². The molecule has 63 heavy (non-hydrogen) atoms. The first-order chi connectivity index (χ1) is 30.6. The second-order valence-electron chi connectivity index (χ2n) is 17.6. The Bertz CT molecular complexity index is 3270. The van der Waals surface area contributed by atoms with Crippen LogP contribution < -0.4 is 9.30 Å². The molecule has 3 heterocycles. The van der Waals surface area contributed by atoms with Crippen molar-refractivity contribution in [2.24, 2.45) is 0 Å². The number of nitrogens with zero attached hydrogens (tertiary/aromatic N) is 4. The van der Waals surface area contributed by atoms with Crippen molar-refractivity contribution in [3.8, 4) is 39.8 Å². The number of benzene rings is 7. The van der Waals surface area contributed by atoms with Gasteiger partial charge in [-0.15, -0.1) is 0 Å². The van der Waals surface area contributed by atoms with Crippen LogP contribution in [0.15, 0.2) is 194 Å². The van der Waals surface area contributed by atoms with Crippen LogP contribution in [0.4, 0.5) is 0 Å². The van der Waals surface area contributed by atoms with Crippen molar-refractivity contribution in [2.45, 2.75) is 52.4 Å². The minimum absolute atomic E-state index is 0.170. The van der Waals surface area contributed by atoms with Gasteiger partial charge in [0.2, 0.25) is 0 Å². The number of rotatable bonds is 10. The van der Waals surface area contributed by atoms with E-state index in [2.05, 4.69) is 250 Å². The first-order valence-corrected chi connectivity index (χ1v) is 21.7. The topological polar surface area (TPSA) is 35.9 Å². The second kappa shape index (κ2) is 15.8.